The maximum absolute atomic E-state index is 13.1. The van der Waals surface area contributed by atoms with Gasteiger partial charge in [-0.1, -0.05) is 39.7 Å². The fraction of sp³-hybridized carbons (Fsp3) is 0.240. The number of rotatable bonds is 8. The van der Waals surface area contributed by atoms with Gasteiger partial charge < -0.3 is 19.3 Å². The molecule has 2 heterocycles. The molecule has 34 heavy (non-hydrogen) atoms. The van der Waals surface area contributed by atoms with Gasteiger partial charge in [0.25, 0.3) is 11.7 Å². The van der Waals surface area contributed by atoms with Crippen molar-refractivity contribution in [3.63, 3.8) is 0 Å². The first-order valence-corrected chi connectivity index (χ1v) is 12.0. The maximum atomic E-state index is 13.1. The third-order valence-corrected chi connectivity index (χ3v) is 6.43. The van der Waals surface area contributed by atoms with Crippen LogP contribution >= 0.6 is 27.5 Å². The van der Waals surface area contributed by atoms with Gasteiger partial charge in [-0.2, -0.15) is 0 Å². The Kier molecular flexibility index (Phi) is 7.38. The molecular formula is C25H23BrClN3O4. The van der Waals surface area contributed by atoms with Crippen molar-refractivity contribution in [1.29, 1.82) is 0 Å². The molecule has 1 aromatic heterocycles. The second-order valence-corrected chi connectivity index (χ2v) is 9.10. The summed E-state index contributed by atoms with van der Waals surface area (Å²) in [5.41, 5.74) is 1.10. The number of amides is 1. The quantitative estimate of drug-likeness (QED) is 0.239. The van der Waals surface area contributed by atoms with Crippen molar-refractivity contribution in [3.05, 3.63) is 87.4 Å². The molecule has 1 atom stereocenters. The van der Waals surface area contributed by atoms with Crippen LogP contribution in [0.3, 0.4) is 0 Å². The zero-order chi connectivity index (χ0) is 24.2. The van der Waals surface area contributed by atoms with Gasteiger partial charge in [0.05, 0.1) is 29.6 Å². The van der Waals surface area contributed by atoms with Crippen molar-refractivity contribution in [2.75, 3.05) is 13.2 Å². The van der Waals surface area contributed by atoms with Crippen LogP contribution in [0.2, 0.25) is 5.02 Å². The van der Waals surface area contributed by atoms with Crippen molar-refractivity contribution in [3.8, 4) is 5.75 Å². The molecule has 1 N–H and O–H groups in total. The number of nitrogens with zero attached hydrogens (tertiary/aromatic N) is 3. The van der Waals surface area contributed by atoms with Gasteiger partial charge in [0, 0.05) is 35.5 Å². The van der Waals surface area contributed by atoms with Crippen LogP contribution in [0.1, 0.15) is 30.5 Å². The Morgan fingerprint density at radius 2 is 1.94 bits per heavy atom. The van der Waals surface area contributed by atoms with E-state index in [1.807, 2.05) is 42.0 Å². The standard InChI is InChI=1S/C25H23BrClN3O4/c1-2-34-20-9-6-17(14-19(20)27)23(31)21-22(16-4-7-18(26)8-5-16)30(25(33)24(21)32)12-3-11-29-13-10-28-15-29/h4-10,13-15,22,31H,2-3,11-12H2,1H3/b23-21+/t22-/m1/s1. The van der Waals surface area contributed by atoms with Gasteiger partial charge in [-0.3, -0.25) is 9.59 Å². The molecule has 176 valence electrons. The number of ether oxygens (including phenoxy) is 1. The minimum Gasteiger partial charge on any atom is -0.507 e. The number of aliphatic hydroxyl groups excluding tert-OH is 1. The van der Waals surface area contributed by atoms with Gasteiger partial charge in [0.1, 0.15) is 11.5 Å². The number of Topliss-reactive ketones (excluding diaryl/α,β-unsaturated/α-hetero) is 1. The zero-order valence-electron chi connectivity index (χ0n) is 18.4. The van der Waals surface area contributed by atoms with Crippen molar-refractivity contribution in [1.82, 2.24) is 14.5 Å². The van der Waals surface area contributed by atoms with Crippen LogP contribution < -0.4 is 4.74 Å². The van der Waals surface area contributed by atoms with E-state index in [2.05, 4.69) is 20.9 Å². The molecule has 0 aliphatic carbocycles. The molecule has 0 unspecified atom stereocenters. The molecule has 0 bridgehead atoms. The van der Waals surface area contributed by atoms with Crippen LogP contribution in [0.15, 0.2) is 71.2 Å². The summed E-state index contributed by atoms with van der Waals surface area (Å²) in [6, 6.07) is 11.4. The molecule has 4 rings (SSSR count). The Morgan fingerprint density at radius 1 is 1.18 bits per heavy atom. The van der Waals surface area contributed by atoms with Crippen LogP contribution in [0.25, 0.3) is 5.76 Å². The Balaban J connectivity index is 1.73. The minimum atomic E-state index is -0.724. The smallest absolute Gasteiger partial charge is 0.295 e. The number of aromatic nitrogens is 2. The Hall–Kier alpha value is -3.10. The molecule has 1 amide bonds. The average Bonchev–Trinajstić information content (AvgIpc) is 3.43. The molecule has 1 fully saturated rings. The topological polar surface area (TPSA) is 84.7 Å². The summed E-state index contributed by atoms with van der Waals surface area (Å²) < 4.78 is 8.24. The number of carbonyl (C=O) groups excluding carboxylic acids is 2. The Morgan fingerprint density at radius 3 is 2.59 bits per heavy atom. The second-order valence-electron chi connectivity index (χ2n) is 7.78. The van der Waals surface area contributed by atoms with Crippen LogP contribution in [-0.4, -0.2) is 44.4 Å². The van der Waals surface area contributed by atoms with Crippen molar-refractivity contribution >= 4 is 45.0 Å². The number of imidazole rings is 1. The molecule has 0 radical (unpaired) electrons. The van der Waals surface area contributed by atoms with E-state index in [-0.39, 0.29) is 11.3 Å². The van der Waals surface area contributed by atoms with E-state index in [4.69, 9.17) is 16.3 Å². The van der Waals surface area contributed by atoms with Gasteiger partial charge in [0.2, 0.25) is 0 Å². The van der Waals surface area contributed by atoms with E-state index >= 15 is 0 Å². The second kappa shape index (κ2) is 10.4. The summed E-state index contributed by atoms with van der Waals surface area (Å²) >= 11 is 9.73. The highest BCUT2D eigenvalue weighted by Gasteiger charge is 2.45. The van der Waals surface area contributed by atoms with Gasteiger partial charge >= 0.3 is 0 Å². The van der Waals surface area contributed by atoms with Crippen molar-refractivity contribution in [2.45, 2.75) is 25.9 Å². The number of halogens is 2. The summed E-state index contributed by atoms with van der Waals surface area (Å²) in [6.45, 7) is 3.27. The third-order valence-electron chi connectivity index (χ3n) is 5.61. The number of likely N-dealkylation sites (tertiary alicyclic amines) is 1. The summed E-state index contributed by atoms with van der Waals surface area (Å²) in [4.78, 5) is 31.7. The lowest BCUT2D eigenvalue weighted by atomic mass is 9.95. The third kappa shape index (κ3) is 4.88. The lowest BCUT2D eigenvalue weighted by molar-refractivity contribution is -0.139. The fourth-order valence-electron chi connectivity index (χ4n) is 4.02. The first kappa shape index (κ1) is 24.0. The number of hydrogen-bond donors (Lipinski definition) is 1. The summed E-state index contributed by atoms with van der Waals surface area (Å²) in [6.07, 6.45) is 5.85. The minimum absolute atomic E-state index is 0.0372. The molecule has 2 aromatic carbocycles. The predicted octanol–water partition coefficient (Wildman–Crippen LogP) is 5.21. The maximum Gasteiger partial charge on any atom is 0.295 e. The van der Waals surface area contributed by atoms with E-state index < -0.39 is 17.7 Å². The molecular weight excluding hydrogens is 522 g/mol. The number of aliphatic hydroxyl groups is 1. The molecule has 0 saturated carbocycles. The summed E-state index contributed by atoms with van der Waals surface area (Å²) in [7, 11) is 0. The van der Waals surface area contributed by atoms with Crippen LogP contribution in [0.4, 0.5) is 0 Å². The number of aryl methyl sites for hydroxylation is 1. The molecule has 7 nitrogen and oxygen atoms in total. The number of hydrogen-bond acceptors (Lipinski definition) is 5. The highest BCUT2D eigenvalue weighted by molar-refractivity contribution is 9.10. The molecule has 1 saturated heterocycles. The first-order chi connectivity index (χ1) is 16.4. The van der Waals surface area contributed by atoms with Crippen molar-refractivity contribution < 1.29 is 19.4 Å². The van der Waals surface area contributed by atoms with E-state index in [1.165, 1.54) is 11.0 Å². The highest BCUT2D eigenvalue weighted by atomic mass is 79.9. The van der Waals surface area contributed by atoms with Crippen LogP contribution in [0, 0.1) is 0 Å². The van der Waals surface area contributed by atoms with Gasteiger partial charge in [-0.25, -0.2) is 4.98 Å². The largest absolute Gasteiger partial charge is 0.507 e. The monoisotopic (exact) mass is 543 g/mol. The zero-order valence-corrected chi connectivity index (χ0v) is 20.8. The van der Waals surface area contributed by atoms with E-state index in [9.17, 15) is 14.7 Å². The average molecular weight is 545 g/mol. The molecule has 3 aromatic rings. The summed E-state index contributed by atoms with van der Waals surface area (Å²) in [5, 5.41) is 11.5. The Bertz CT molecular complexity index is 1230. The van der Waals surface area contributed by atoms with Gasteiger partial charge in [0.15, 0.2) is 0 Å². The molecule has 0 spiro atoms. The van der Waals surface area contributed by atoms with Gasteiger partial charge in [-0.15, -0.1) is 0 Å². The van der Waals surface area contributed by atoms with E-state index in [1.54, 1.807) is 24.7 Å². The number of ketones is 1. The highest BCUT2D eigenvalue weighted by Crippen LogP contribution is 2.40. The normalized spacial score (nSPS) is 17.4. The van der Waals surface area contributed by atoms with Crippen molar-refractivity contribution in [2.24, 2.45) is 0 Å². The van der Waals surface area contributed by atoms with Crippen LogP contribution in [-0.2, 0) is 16.1 Å². The fourth-order valence-corrected chi connectivity index (χ4v) is 4.52. The Labute approximate surface area is 210 Å². The predicted molar refractivity (Wildman–Crippen MR) is 133 cm³/mol. The number of benzene rings is 2. The molecule has 1 aliphatic heterocycles. The lowest BCUT2D eigenvalue weighted by Gasteiger charge is -2.25. The molecule has 1 aliphatic rings. The van der Waals surface area contributed by atoms with E-state index in [0.29, 0.717) is 42.5 Å². The summed E-state index contributed by atoms with van der Waals surface area (Å²) in [5.74, 6) is -1.16. The SMILES string of the molecule is CCOc1ccc(/C(O)=C2\C(=O)C(=O)N(CCCn3ccnc3)[C@@H]2c2ccc(Br)cc2)cc1Cl. The number of carbonyl (C=O) groups is 2. The van der Waals surface area contributed by atoms with Crippen LogP contribution in [0.5, 0.6) is 5.75 Å². The lowest BCUT2D eigenvalue weighted by Crippen LogP contribution is -2.31. The first-order valence-electron chi connectivity index (χ1n) is 10.8. The van der Waals surface area contributed by atoms with Gasteiger partial charge in [-0.05, 0) is 49.2 Å². The molecule has 9 heteroatoms. The van der Waals surface area contributed by atoms with E-state index in [0.717, 1.165) is 10.0 Å².